The highest BCUT2D eigenvalue weighted by atomic mass is 15.3. The Morgan fingerprint density at radius 2 is 2.26 bits per heavy atom. The topological polar surface area (TPSA) is 45.4 Å². The van der Waals surface area contributed by atoms with E-state index >= 15 is 0 Å². The summed E-state index contributed by atoms with van der Waals surface area (Å²) in [6.07, 6.45) is 6.39. The third kappa shape index (κ3) is 2.29. The zero-order valence-electron chi connectivity index (χ0n) is 11.8. The molecule has 0 saturated carbocycles. The molecule has 0 aliphatic carbocycles. The fraction of sp³-hybridized carbons (Fsp3) is 0.667. The zero-order chi connectivity index (χ0) is 13.3. The first kappa shape index (κ1) is 13.0. The highest BCUT2D eigenvalue weighted by molar-refractivity contribution is 5.12. The van der Waals surface area contributed by atoms with Gasteiger partial charge in [-0.2, -0.15) is 0 Å². The van der Waals surface area contributed by atoms with Gasteiger partial charge >= 0.3 is 0 Å². The molecule has 3 fully saturated rings. The number of rotatable bonds is 4. The molecular weight excluding hydrogens is 236 g/mol. The predicted octanol–water partition coefficient (Wildman–Crippen LogP) is 0.936. The molecule has 1 unspecified atom stereocenters. The summed E-state index contributed by atoms with van der Waals surface area (Å²) in [4.78, 5) is 9.26. The number of likely N-dealkylation sites (N-methyl/N-ethyl adjacent to an activating group) is 1. The second kappa shape index (κ2) is 5.19. The van der Waals surface area contributed by atoms with Crippen LogP contribution in [0.2, 0.25) is 0 Å². The van der Waals surface area contributed by atoms with Crippen molar-refractivity contribution in [1.29, 1.82) is 0 Å². The van der Waals surface area contributed by atoms with E-state index in [0.717, 1.165) is 25.6 Å². The Labute approximate surface area is 115 Å². The van der Waals surface area contributed by atoms with Crippen LogP contribution in [0.25, 0.3) is 0 Å². The molecule has 104 valence electrons. The normalized spacial score (nSPS) is 33.8. The fourth-order valence-electron chi connectivity index (χ4n) is 3.89. The van der Waals surface area contributed by atoms with Gasteiger partial charge in [-0.25, -0.2) is 0 Å². The largest absolute Gasteiger partial charge is 0.329 e. The molecule has 1 aromatic heterocycles. The quantitative estimate of drug-likeness (QED) is 0.875. The second-order valence-corrected chi connectivity index (χ2v) is 6.08. The second-order valence-electron chi connectivity index (χ2n) is 6.08. The molecule has 1 aromatic rings. The average molecular weight is 260 g/mol. The van der Waals surface area contributed by atoms with Crippen LogP contribution in [0.1, 0.15) is 18.4 Å². The van der Waals surface area contributed by atoms with Gasteiger partial charge in [-0.3, -0.25) is 9.88 Å². The standard InChI is InChI=1S/C15H24N4/c1-18(10-13-3-2-6-17-9-13)15(11-16)12-19-7-4-14(15)5-8-19/h2-3,6,9,14H,4-5,7-8,10-12,16H2,1H3. The van der Waals surface area contributed by atoms with Crippen LogP contribution in [-0.4, -0.2) is 53.5 Å². The number of nitrogens with two attached hydrogens (primary N) is 1. The summed E-state index contributed by atoms with van der Waals surface area (Å²) in [6.45, 7) is 5.34. The molecular formula is C15H24N4. The Morgan fingerprint density at radius 3 is 2.79 bits per heavy atom. The lowest BCUT2D eigenvalue weighted by Gasteiger charge is -2.57. The van der Waals surface area contributed by atoms with E-state index in [1.165, 1.54) is 31.5 Å². The van der Waals surface area contributed by atoms with Crippen LogP contribution in [0.3, 0.4) is 0 Å². The average Bonchev–Trinajstić information content (AvgIpc) is 2.49. The van der Waals surface area contributed by atoms with Gasteiger partial charge in [0.05, 0.1) is 0 Å². The molecule has 0 aromatic carbocycles. The van der Waals surface area contributed by atoms with Gasteiger partial charge in [0.25, 0.3) is 0 Å². The number of piperidine rings is 3. The molecule has 0 amide bonds. The van der Waals surface area contributed by atoms with Crippen molar-refractivity contribution in [3.8, 4) is 0 Å². The van der Waals surface area contributed by atoms with E-state index in [1.54, 1.807) is 0 Å². The molecule has 3 aliphatic heterocycles. The maximum Gasteiger partial charge on any atom is 0.0487 e. The predicted molar refractivity (Wildman–Crippen MR) is 76.7 cm³/mol. The van der Waals surface area contributed by atoms with E-state index in [0.29, 0.717) is 0 Å². The van der Waals surface area contributed by atoms with Crippen LogP contribution in [0, 0.1) is 5.92 Å². The fourth-order valence-corrected chi connectivity index (χ4v) is 3.89. The minimum atomic E-state index is 0.159. The van der Waals surface area contributed by atoms with E-state index in [-0.39, 0.29) is 5.54 Å². The first-order chi connectivity index (χ1) is 9.24. The van der Waals surface area contributed by atoms with Crippen molar-refractivity contribution < 1.29 is 0 Å². The molecule has 4 heteroatoms. The van der Waals surface area contributed by atoms with Gasteiger partial charge in [-0.1, -0.05) is 6.07 Å². The monoisotopic (exact) mass is 260 g/mol. The third-order valence-corrected chi connectivity index (χ3v) is 5.10. The number of fused-ring (bicyclic) bond motifs is 3. The van der Waals surface area contributed by atoms with Gasteiger partial charge in [0, 0.05) is 37.6 Å². The summed E-state index contributed by atoms with van der Waals surface area (Å²) in [5.74, 6) is 0.754. The molecule has 2 bridgehead atoms. The van der Waals surface area contributed by atoms with Crippen LogP contribution in [0.5, 0.6) is 0 Å². The van der Waals surface area contributed by atoms with Gasteiger partial charge in [0.2, 0.25) is 0 Å². The van der Waals surface area contributed by atoms with Crippen molar-refractivity contribution >= 4 is 0 Å². The third-order valence-electron chi connectivity index (χ3n) is 5.10. The van der Waals surface area contributed by atoms with Gasteiger partial charge in [-0.05, 0) is 50.5 Å². The van der Waals surface area contributed by atoms with Crippen LogP contribution >= 0.6 is 0 Å². The molecule has 3 saturated heterocycles. The molecule has 2 N–H and O–H groups in total. The lowest BCUT2D eigenvalue weighted by molar-refractivity contribution is -0.0596. The van der Waals surface area contributed by atoms with Crippen LogP contribution in [0.15, 0.2) is 24.5 Å². The Morgan fingerprint density at radius 1 is 1.47 bits per heavy atom. The Hall–Kier alpha value is -0.970. The number of pyridine rings is 1. The molecule has 4 rings (SSSR count). The van der Waals surface area contributed by atoms with Gasteiger partial charge in [0.1, 0.15) is 0 Å². The molecule has 3 aliphatic rings. The van der Waals surface area contributed by atoms with E-state index in [1.807, 2.05) is 18.5 Å². The Kier molecular flexibility index (Phi) is 3.56. The summed E-state index contributed by atoms with van der Waals surface area (Å²) in [6, 6.07) is 4.16. The molecule has 1 atom stereocenters. The van der Waals surface area contributed by atoms with Crippen LogP contribution in [-0.2, 0) is 6.54 Å². The molecule has 4 heterocycles. The van der Waals surface area contributed by atoms with Crippen molar-refractivity contribution in [3.05, 3.63) is 30.1 Å². The van der Waals surface area contributed by atoms with Crippen molar-refractivity contribution in [1.82, 2.24) is 14.8 Å². The molecule has 0 spiro atoms. The number of hydrogen-bond acceptors (Lipinski definition) is 4. The maximum absolute atomic E-state index is 6.20. The van der Waals surface area contributed by atoms with Crippen molar-refractivity contribution in [2.75, 3.05) is 33.2 Å². The van der Waals surface area contributed by atoms with Crippen molar-refractivity contribution in [2.24, 2.45) is 11.7 Å². The van der Waals surface area contributed by atoms with Gasteiger partial charge < -0.3 is 10.6 Å². The summed E-state index contributed by atoms with van der Waals surface area (Å²) < 4.78 is 0. The summed E-state index contributed by atoms with van der Waals surface area (Å²) in [5.41, 5.74) is 7.63. The lowest BCUT2D eigenvalue weighted by atomic mass is 9.71. The van der Waals surface area contributed by atoms with Gasteiger partial charge in [-0.15, -0.1) is 0 Å². The number of nitrogens with zero attached hydrogens (tertiary/aromatic N) is 3. The minimum absolute atomic E-state index is 0.159. The van der Waals surface area contributed by atoms with E-state index in [4.69, 9.17) is 5.73 Å². The number of aromatic nitrogens is 1. The molecule has 19 heavy (non-hydrogen) atoms. The Bertz CT molecular complexity index is 413. The van der Waals surface area contributed by atoms with E-state index in [2.05, 4.69) is 27.9 Å². The lowest BCUT2D eigenvalue weighted by Crippen LogP contribution is -2.69. The molecule has 4 nitrogen and oxygen atoms in total. The summed E-state index contributed by atoms with van der Waals surface area (Å²) in [7, 11) is 2.22. The first-order valence-corrected chi connectivity index (χ1v) is 7.27. The first-order valence-electron chi connectivity index (χ1n) is 7.27. The van der Waals surface area contributed by atoms with E-state index < -0.39 is 0 Å². The van der Waals surface area contributed by atoms with E-state index in [9.17, 15) is 0 Å². The zero-order valence-corrected chi connectivity index (χ0v) is 11.8. The SMILES string of the molecule is CN(Cc1cccnc1)C1(CN)CN2CCC1CC2. The highest BCUT2D eigenvalue weighted by Crippen LogP contribution is 2.39. The van der Waals surface area contributed by atoms with Crippen molar-refractivity contribution in [2.45, 2.75) is 24.9 Å². The Balaban J connectivity index is 1.78. The van der Waals surface area contributed by atoms with Crippen LogP contribution < -0.4 is 5.73 Å². The molecule has 0 radical (unpaired) electrons. The van der Waals surface area contributed by atoms with Crippen LogP contribution in [0.4, 0.5) is 0 Å². The summed E-state index contributed by atoms with van der Waals surface area (Å²) >= 11 is 0. The number of hydrogen-bond donors (Lipinski definition) is 1. The van der Waals surface area contributed by atoms with Gasteiger partial charge in [0.15, 0.2) is 0 Å². The minimum Gasteiger partial charge on any atom is -0.329 e. The smallest absolute Gasteiger partial charge is 0.0487 e. The maximum atomic E-state index is 6.20. The van der Waals surface area contributed by atoms with Crippen molar-refractivity contribution in [3.63, 3.8) is 0 Å². The summed E-state index contributed by atoms with van der Waals surface area (Å²) in [5, 5.41) is 0. The highest BCUT2D eigenvalue weighted by Gasteiger charge is 2.48.